The highest BCUT2D eigenvalue weighted by atomic mass is 35.5. The van der Waals surface area contributed by atoms with Crippen LogP contribution in [0.1, 0.15) is 22.5 Å². The molecule has 2 aromatic heterocycles. The summed E-state index contributed by atoms with van der Waals surface area (Å²) in [4.78, 5) is 21.6. The summed E-state index contributed by atoms with van der Waals surface area (Å²) in [6.45, 7) is 0.463. The molecule has 3 aromatic rings. The van der Waals surface area contributed by atoms with Gasteiger partial charge in [0.1, 0.15) is 24.1 Å². The Labute approximate surface area is 173 Å². The fourth-order valence-corrected chi connectivity index (χ4v) is 3.60. The smallest absolute Gasteiger partial charge is 0.332 e. The molecule has 1 amide bonds. The van der Waals surface area contributed by atoms with Gasteiger partial charge in [0.05, 0.1) is 5.56 Å². The van der Waals surface area contributed by atoms with Gasteiger partial charge in [0.15, 0.2) is 0 Å². The van der Waals surface area contributed by atoms with Gasteiger partial charge in [0.25, 0.3) is 5.82 Å². The molecule has 0 fully saturated rings. The van der Waals surface area contributed by atoms with E-state index < -0.39 is 11.7 Å². The van der Waals surface area contributed by atoms with E-state index in [-0.39, 0.29) is 41.1 Å². The van der Waals surface area contributed by atoms with E-state index in [1.165, 1.54) is 11.0 Å². The average Bonchev–Trinajstić information content (AvgIpc) is 3.33. The lowest BCUT2D eigenvalue weighted by atomic mass is 9.98. The first-order valence-electron chi connectivity index (χ1n) is 8.67. The average molecular weight is 433 g/mol. The van der Waals surface area contributed by atoms with E-state index in [2.05, 4.69) is 15.1 Å². The van der Waals surface area contributed by atoms with Crippen LogP contribution in [-0.4, -0.2) is 30.6 Å². The summed E-state index contributed by atoms with van der Waals surface area (Å²) in [7, 11) is 0. The highest BCUT2D eigenvalue weighted by molar-refractivity contribution is 6.32. The molecule has 11 heteroatoms. The van der Waals surface area contributed by atoms with Crippen molar-refractivity contribution in [1.82, 2.24) is 24.6 Å². The van der Waals surface area contributed by atoms with Crippen LogP contribution < -0.4 is 0 Å². The number of nitrogens with zero attached hydrogens (tertiary/aromatic N) is 6. The second-order valence-electron chi connectivity index (χ2n) is 6.63. The molecular weight excluding hydrogens is 421 g/mol. The lowest BCUT2D eigenvalue weighted by Crippen LogP contribution is -2.29. The third-order valence-corrected chi connectivity index (χ3v) is 5.00. The summed E-state index contributed by atoms with van der Waals surface area (Å²) in [5.74, 6) is -0.288. The molecular formula is C19H12ClF3N6O. The summed E-state index contributed by atoms with van der Waals surface area (Å²) in [6.07, 6.45) is -2.27. The van der Waals surface area contributed by atoms with E-state index >= 15 is 0 Å². The molecule has 0 atom stereocenters. The lowest BCUT2D eigenvalue weighted by molar-refractivity contribution is -0.137. The van der Waals surface area contributed by atoms with Crippen LogP contribution in [-0.2, 0) is 30.6 Å². The molecule has 0 saturated heterocycles. The number of hydrogen-bond acceptors (Lipinski definition) is 5. The van der Waals surface area contributed by atoms with Crippen LogP contribution >= 0.6 is 11.6 Å². The van der Waals surface area contributed by atoms with Gasteiger partial charge in [0, 0.05) is 24.8 Å². The van der Waals surface area contributed by atoms with Crippen molar-refractivity contribution in [2.75, 3.05) is 0 Å². The van der Waals surface area contributed by atoms with Crippen molar-refractivity contribution < 1.29 is 18.0 Å². The van der Waals surface area contributed by atoms with E-state index in [9.17, 15) is 18.0 Å². The number of halogens is 4. The molecule has 0 radical (unpaired) electrons. The fourth-order valence-electron chi connectivity index (χ4n) is 3.33. The van der Waals surface area contributed by atoms with Crippen molar-refractivity contribution >= 4 is 17.5 Å². The van der Waals surface area contributed by atoms with Gasteiger partial charge in [-0.25, -0.2) is 14.6 Å². The molecule has 3 heterocycles. The van der Waals surface area contributed by atoms with Crippen LogP contribution in [0.3, 0.4) is 0 Å². The largest absolute Gasteiger partial charge is 0.417 e. The van der Waals surface area contributed by atoms with E-state index in [4.69, 9.17) is 16.9 Å². The van der Waals surface area contributed by atoms with Crippen molar-refractivity contribution in [2.24, 2.45) is 0 Å². The van der Waals surface area contributed by atoms with E-state index in [1.54, 1.807) is 29.2 Å². The van der Waals surface area contributed by atoms with Gasteiger partial charge in [0.2, 0.25) is 5.91 Å². The zero-order valence-corrected chi connectivity index (χ0v) is 15.9. The Kier molecular flexibility index (Phi) is 4.91. The number of carbonyl (C=O) groups excluding carboxylic acids is 1. The zero-order valence-electron chi connectivity index (χ0n) is 15.2. The molecule has 4 rings (SSSR count). The Morgan fingerprint density at radius 1 is 1.20 bits per heavy atom. The second kappa shape index (κ2) is 7.42. The Bertz CT molecular complexity index is 1180. The minimum absolute atomic E-state index is 0.0361. The van der Waals surface area contributed by atoms with Crippen molar-refractivity contribution in [2.45, 2.75) is 25.8 Å². The number of rotatable bonds is 3. The molecule has 1 aromatic carbocycles. The Morgan fingerprint density at radius 3 is 2.67 bits per heavy atom. The maximum absolute atomic E-state index is 13.4. The first-order chi connectivity index (χ1) is 14.3. The SMILES string of the molecule is N#Cc1ncn(CC(=O)N2Cc3ccc(-c4c(C(F)(F)F)ccnc4Cl)cc3C2)n1. The normalized spacial score (nSPS) is 13.2. The predicted molar refractivity (Wildman–Crippen MR) is 98.7 cm³/mol. The maximum Gasteiger partial charge on any atom is 0.417 e. The van der Waals surface area contributed by atoms with Gasteiger partial charge >= 0.3 is 6.18 Å². The number of alkyl halides is 3. The topological polar surface area (TPSA) is 87.7 Å². The molecule has 7 nitrogen and oxygen atoms in total. The minimum atomic E-state index is -4.58. The number of aromatic nitrogens is 4. The molecule has 30 heavy (non-hydrogen) atoms. The molecule has 0 N–H and O–H groups in total. The molecule has 1 aliphatic rings. The van der Waals surface area contributed by atoms with Crippen molar-refractivity contribution in [3.63, 3.8) is 0 Å². The van der Waals surface area contributed by atoms with Crippen LogP contribution in [0.4, 0.5) is 13.2 Å². The highest BCUT2D eigenvalue weighted by Gasteiger charge is 2.35. The Balaban J connectivity index is 1.58. The number of fused-ring (bicyclic) bond motifs is 1. The molecule has 1 aliphatic heterocycles. The fraction of sp³-hybridized carbons (Fsp3) is 0.211. The van der Waals surface area contributed by atoms with Gasteiger partial charge in [-0.1, -0.05) is 23.7 Å². The summed E-state index contributed by atoms with van der Waals surface area (Å²) in [5.41, 5.74) is 0.782. The summed E-state index contributed by atoms with van der Waals surface area (Å²) >= 11 is 5.99. The summed E-state index contributed by atoms with van der Waals surface area (Å²) < 4.78 is 41.5. The first kappa shape index (κ1) is 19.8. The molecule has 0 spiro atoms. The third-order valence-electron chi connectivity index (χ3n) is 4.71. The third kappa shape index (κ3) is 3.71. The molecule has 0 aliphatic carbocycles. The van der Waals surface area contributed by atoms with Crippen LogP contribution in [0.15, 0.2) is 36.8 Å². The monoisotopic (exact) mass is 432 g/mol. The molecule has 152 valence electrons. The number of amides is 1. The number of hydrogen-bond donors (Lipinski definition) is 0. The molecule has 0 bridgehead atoms. The van der Waals surface area contributed by atoms with Gasteiger partial charge in [-0.2, -0.15) is 18.4 Å². The second-order valence-corrected chi connectivity index (χ2v) is 6.99. The highest BCUT2D eigenvalue weighted by Crippen LogP contribution is 2.41. The summed E-state index contributed by atoms with van der Waals surface area (Å²) in [5, 5.41) is 12.4. The van der Waals surface area contributed by atoms with E-state index in [0.29, 0.717) is 6.54 Å². The van der Waals surface area contributed by atoms with Crippen molar-refractivity contribution in [1.29, 1.82) is 5.26 Å². The van der Waals surface area contributed by atoms with E-state index in [0.717, 1.165) is 23.4 Å². The minimum Gasteiger partial charge on any atom is -0.332 e. The van der Waals surface area contributed by atoms with Gasteiger partial charge in [-0.15, -0.1) is 5.10 Å². The van der Waals surface area contributed by atoms with Crippen LogP contribution in [0.5, 0.6) is 0 Å². The standard InChI is InChI=1S/C19H12ClF3N6O/c20-18-17(14(3-4-25-18)19(21,22)23)11-1-2-12-7-28(8-13(12)5-11)16(30)9-29-10-26-15(6-24)27-29/h1-5,10H,7-9H2. The van der Waals surface area contributed by atoms with Gasteiger partial charge < -0.3 is 4.90 Å². The van der Waals surface area contributed by atoms with Crippen LogP contribution in [0, 0.1) is 11.3 Å². The molecule has 0 unspecified atom stereocenters. The van der Waals surface area contributed by atoms with Crippen LogP contribution in [0.25, 0.3) is 11.1 Å². The first-order valence-corrected chi connectivity index (χ1v) is 9.05. The zero-order chi connectivity index (χ0) is 21.5. The predicted octanol–water partition coefficient (Wildman–Crippen LogP) is 3.43. The number of carbonyl (C=O) groups is 1. The number of pyridine rings is 1. The van der Waals surface area contributed by atoms with Crippen LogP contribution in [0.2, 0.25) is 5.15 Å². The van der Waals surface area contributed by atoms with E-state index in [1.807, 2.05) is 0 Å². The maximum atomic E-state index is 13.4. The summed E-state index contributed by atoms with van der Waals surface area (Å²) in [6, 6.07) is 7.50. The van der Waals surface area contributed by atoms with Crippen molar-refractivity contribution in [3.8, 4) is 17.2 Å². The number of benzene rings is 1. The molecule has 0 saturated carbocycles. The lowest BCUT2D eigenvalue weighted by Gasteiger charge is -2.15. The van der Waals surface area contributed by atoms with Gasteiger partial charge in [-0.05, 0) is 28.8 Å². The Hall–Kier alpha value is -3.45. The quantitative estimate of drug-likeness (QED) is 0.592. The van der Waals surface area contributed by atoms with Gasteiger partial charge in [-0.3, -0.25) is 4.79 Å². The number of nitriles is 1. The Morgan fingerprint density at radius 2 is 1.97 bits per heavy atom. The van der Waals surface area contributed by atoms with Crippen molar-refractivity contribution in [3.05, 3.63) is 64.5 Å².